The summed E-state index contributed by atoms with van der Waals surface area (Å²) in [4.78, 5) is 0. The molecule has 2 aromatic carbocycles. The number of nitrogens with one attached hydrogen (secondary N) is 1. The maximum Gasteiger partial charge on any atom is 0.162 e. The van der Waals surface area contributed by atoms with E-state index >= 15 is 0 Å². The van der Waals surface area contributed by atoms with Gasteiger partial charge in [0.25, 0.3) is 0 Å². The van der Waals surface area contributed by atoms with Gasteiger partial charge >= 0.3 is 0 Å². The zero-order chi connectivity index (χ0) is 16.7. The van der Waals surface area contributed by atoms with E-state index in [0.29, 0.717) is 42.8 Å². The number of benzene rings is 2. The van der Waals surface area contributed by atoms with Gasteiger partial charge in [-0.15, -0.1) is 0 Å². The van der Waals surface area contributed by atoms with Gasteiger partial charge in [0.2, 0.25) is 0 Å². The molecule has 0 bridgehead atoms. The molecule has 5 heteroatoms. The minimum atomic E-state index is 0.570. The third-order valence-corrected chi connectivity index (χ3v) is 4.02. The van der Waals surface area contributed by atoms with Gasteiger partial charge in [0.05, 0.1) is 13.2 Å². The lowest BCUT2D eigenvalue weighted by Gasteiger charge is -2.14. The average Bonchev–Trinajstić information content (AvgIpc) is 2.53. The Morgan fingerprint density at radius 2 is 1.43 bits per heavy atom. The number of hydrogen-bond donors (Lipinski definition) is 1. The maximum atomic E-state index is 6.35. The summed E-state index contributed by atoms with van der Waals surface area (Å²) in [6.45, 7) is 6.32. The van der Waals surface area contributed by atoms with Gasteiger partial charge in [-0.25, -0.2) is 0 Å². The van der Waals surface area contributed by atoms with Crippen LogP contribution in [0.2, 0.25) is 10.0 Å². The second-order valence-corrected chi connectivity index (χ2v) is 5.77. The average molecular weight is 354 g/mol. The topological polar surface area (TPSA) is 30.5 Å². The van der Waals surface area contributed by atoms with Crippen molar-refractivity contribution in [3.63, 3.8) is 0 Å². The van der Waals surface area contributed by atoms with E-state index in [1.807, 2.05) is 50.2 Å². The monoisotopic (exact) mass is 353 g/mol. The summed E-state index contributed by atoms with van der Waals surface area (Å²) >= 11 is 12.5. The quantitative estimate of drug-likeness (QED) is 0.717. The number of halogens is 2. The van der Waals surface area contributed by atoms with Crippen LogP contribution in [0.25, 0.3) is 0 Å². The first-order valence-corrected chi connectivity index (χ1v) is 8.43. The van der Waals surface area contributed by atoms with Gasteiger partial charge in [-0.3, -0.25) is 0 Å². The molecule has 0 fully saturated rings. The molecule has 124 valence electrons. The third-order valence-electron chi connectivity index (χ3n) is 3.30. The van der Waals surface area contributed by atoms with Gasteiger partial charge < -0.3 is 14.8 Å². The molecule has 1 N–H and O–H groups in total. The number of ether oxygens (including phenoxy) is 2. The molecule has 0 radical (unpaired) electrons. The van der Waals surface area contributed by atoms with Crippen molar-refractivity contribution in [3.05, 3.63) is 57.6 Å². The first kappa shape index (κ1) is 17.9. The van der Waals surface area contributed by atoms with E-state index in [-0.39, 0.29) is 0 Å². The van der Waals surface area contributed by atoms with Crippen LogP contribution in [0.1, 0.15) is 25.0 Å². The molecule has 0 aliphatic rings. The van der Waals surface area contributed by atoms with E-state index < -0.39 is 0 Å². The fourth-order valence-electron chi connectivity index (χ4n) is 2.22. The van der Waals surface area contributed by atoms with Crippen LogP contribution < -0.4 is 14.8 Å². The van der Waals surface area contributed by atoms with Crippen LogP contribution in [-0.4, -0.2) is 13.2 Å². The molecule has 2 rings (SSSR count). The molecule has 0 unspecified atom stereocenters. The molecule has 0 heterocycles. The summed E-state index contributed by atoms with van der Waals surface area (Å²) in [6.07, 6.45) is 0. The Morgan fingerprint density at radius 3 is 2.09 bits per heavy atom. The molecule has 3 nitrogen and oxygen atoms in total. The van der Waals surface area contributed by atoms with Gasteiger partial charge in [-0.2, -0.15) is 0 Å². The molecule has 23 heavy (non-hydrogen) atoms. The van der Waals surface area contributed by atoms with Crippen molar-refractivity contribution in [1.82, 2.24) is 5.32 Å². The van der Waals surface area contributed by atoms with Crippen LogP contribution in [0.5, 0.6) is 11.5 Å². The Balaban J connectivity index is 2.07. The Kier molecular flexibility index (Phi) is 7.03. The number of hydrogen-bond acceptors (Lipinski definition) is 3. The normalized spacial score (nSPS) is 10.6. The Hall–Kier alpha value is -1.42. The van der Waals surface area contributed by atoms with Crippen molar-refractivity contribution in [2.24, 2.45) is 0 Å². The highest BCUT2D eigenvalue weighted by Gasteiger charge is 2.11. The van der Waals surface area contributed by atoms with Crippen molar-refractivity contribution in [2.75, 3.05) is 13.2 Å². The minimum absolute atomic E-state index is 0.570. The van der Waals surface area contributed by atoms with Crippen LogP contribution in [-0.2, 0) is 13.1 Å². The molecule has 0 amide bonds. The van der Waals surface area contributed by atoms with E-state index in [1.54, 1.807) is 0 Å². The van der Waals surface area contributed by atoms with Crippen molar-refractivity contribution in [1.29, 1.82) is 0 Å². The van der Waals surface area contributed by atoms with E-state index in [2.05, 4.69) is 5.32 Å². The number of rotatable bonds is 8. The summed E-state index contributed by atoms with van der Waals surface area (Å²) in [5.41, 5.74) is 2.02. The van der Waals surface area contributed by atoms with E-state index in [1.165, 1.54) is 0 Å². The van der Waals surface area contributed by atoms with Crippen molar-refractivity contribution in [3.8, 4) is 11.5 Å². The summed E-state index contributed by atoms with van der Waals surface area (Å²) in [6, 6.07) is 11.5. The lowest BCUT2D eigenvalue weighted by atomic mass is 10.1. The summed E-state index contributed by atoms with van der Waals surface area (Å²) in [5.74, 6) is 1.39. The predicted molar refractivity (Wildman–Crippen MR) is 95.8 cm³/mol. The molecule has 2 aromatic rings. The summed E-state index contributed by atoms with van der Waals surface area (Å²) in [5, 5.41) is 4.77. The Bertz CT molecular complexity index is 647. The highest BCUT2D eigenvalue weighted by atomic mass is 35.5. The SMILES string of the molecule is CCOc1cc(Cl)c(CNCc2ccccc2Cl)cc1OCC. The smallest absolute Gasteiger partial charge is 0.162 e. The Labute approximate surface area is 147 Å². The lowest BCUT2D eigenvalue weighted by Crippen LogP contribution is -2.13. The molecule has 0 aliphatic heterocycles. The van der Waals surface area contributed by atoms with Gasteiger partial charge in [0.1, 0.15) is 0 Å². The minimum Gasteiger partial charge on any atom is -0.490 e. The maximum absolute atomic E-state index is 6.35. The third kappa shape index (κ3) is 5.03. The summed E-state index contributed by atoms with van der Waals surface area (Å²) in [7, 11) is 0. The molecule has 0 aromatic heterocycles. The molecule has 0 atom stereocenters. The highest BCUT2D eigenvalue weighted by molar-refractivity contribution is 6.31. The zero-order valence-corrected chi connectivity index (χ0v) is 14.9. The van der Waals surface area contributed by atoms with Crippen molar-refractivity contribution >= 4 is 23.2 Å². The molecular weight excluding hydrogens is 333 g/mol. The van der Waals surface area contributed by atoms with Crippen molar-refractivity contribution < 1.29 is 9.47 Å². The molecule has 0 spiro atoms. The summed E-state index contributed by atoms with van der Waals surface area (Å²) < 4.78 is 11.2. The van der Waals surface area contributed by atoms with Gasteiger partial charge in [-0.1, -0.05) is 41.4 Å². The fraction of sp³-hybridized carbons (Fsp3) is 0.333. The van der Waals surface area contributed by atoms with Gasteiger partial charge in [0, 0.05) is 29.2 Å². The molecular formula is C18H21Cl2NO2. The van der Waals surface area contributed by atoms with E-state index in [4.69, 9.17) is 32.7 Å². The fourth-order valence-corrected chi connectivity index (χ4v) is 2.65. The largest absolute Gasteiger partial charge is 0.490 e. The molecule has 0 saturated carbocycles. The lowest BCUT2D eigenvalue weighted by molar-refractivity contribution is 0.287. The van der Waals surface area contributed by atoms with Crippen molar-refractivity contribution in [2.45, 2.75) is 26.9 Å². The van der Waals surface area contributed by atoms with E-state index in [0.717, 1.165) is 16.1 Å². The van der Waals surface area contributed by atoms with Crippen LogP contribution >= 0.6 is 23.2 Å². The van der Waals surface area contributed by atoms with Gasteiger partial charge in [-0.05, 0) is 37.1 Å². The predicted octanol–water partition coefficient (Wildman–Crippen LogP) is 5.08. The first-order valence-electron chi connectivity index (χ1n) is 7.67. The second-order valence-electron chi connectivity index (χ2n) is 4.95. The molecule has 0 saturated heterocycles. The second kappa shape index (κ2) is 9.02. The highest BCUT2D eigenvalue weighted by Crippen LogP contribution is 2.33. The zero-order valence-electron chi connectivity index (χ0n) is 13.4. The van der Waals surface area contributed by atoms with Crippen LogP contribution in [0.4, 0.5) is 0 Å². The van der Waals surface area contributed by atoms with Gasteiger partial charge in [0.15, 0.2) is 11.5 Å². The molecule has 0 aliphatic carbocycles. The Morgan fingerprint density at radius 1 is 0.826 bits per heavy atom. The van der Waals surface area contributed by atoms with Crippen LogP contribution in [0.3, 0.4) is 0 Å². The van der Waals surface area contributed by atoms with Crippen LogP contribution in [0.15, 0.2) is 36.4 Å². The van der Waals surface area contributed by atoms with E-state index in [9.17, 15) is 0 Å². The standard InChI is InChI=1S/C18H21Cl2NO2/c1-3-22-17-9-14(16(20)10-18(17)23-4-2)12-21-11-13-7-5-6-8-15(13)19/h5-10,21H,3-4,11-12H2,1-2H3. The first-order chi connectivity index (χ1) is 11.2. The van der Waals surface area contributed by atoms with Crippen LogP contribution in [0, 0.1) is 0 Å².